The Balaban J connectivity index is 1.47. The highest BCUT2D eigenvalue weighted by Crippen LogP contribution is 2.27. The summed E-state index contributed by atoms with van der Waals surface area (Å²) in [6.45, 7) is 2.79. The molecule has 0 atom stereocenters. The lowest BCUT2D eigenvalue weighted by Crippen LogP contribution is -2.09. The molecule has 1 fully saturated rings. The van der Waals surface area contributed by atoms with E-state index in [9.17, 15) is 9.90 Å². The smallest absolute Gasteiger partial charge is 0.336 e. The van der Waals surface area contributed by atoms with Crippen molar-refractivity contribution < 1.29 is 9.90 Å². The number of nitrogens with zero attached hydrogens (tertiary/aromatic N) is 4. The molecule has 0 aliphatic heterocycles. The number of hydrogen-bond acceptors (Lipinski definition) is 4. The first kappa shape index (κ1) is 22.2. The first-order valence-corrected chi connectivity index (χ1v) is 11.8. The highest BCUT2D eigenvalue weighted by molar-refractivity contribution is 5.95. The second-order valence-electron chi connectivity index (χ2n) is 8.80. The van der Waals surface area contributed by atoms with E-state index in [1.54, 1.807) is 18.2 Å². The molecule has 0 saturated heterocycles. The molecule has 6 heteroatoms. The minimum Gasteiger partial charge on any atom is -0.478 e. The van der Waals surface area contributed by atoms with Crippen molar-refractivity contribution in [2.24, 2.45) is 5.92 Å². The summed E-state index contributed by atoms with van der Waals surface area (Å²) in [5, 5.41) is 14.3. The summed E-state index contributed by atoms with van der Waals surface area (Å²) >= 11 is 0. The van der Waals surface area contributed by atoms with Gasteiger partial charge in [0.15, 0.2) is 5.82 Å². The average Bonchev–Trinajstić information content (AvgIpc) is 3.20. The van der Waals surface area contributed by atoms with E-state index in [-0.39, 0.29) is 5.56 Å². The van der Waals surface area contributed by atoms with Crippen LogP contribution in [-0.4, -0.2) is 30.8 Å². The lowest BCUT2D eigenvalue weighted by atomic mass is 9.86. The van der Waals surface area contributed by atoms with Gasteiger partial charge in [-0.3, -0.25) is 4.98 Å². The predicted octanol–water partition coefficient (Wildman–Crippen LogP) is 5.55. The largest absolute Gasteiger partial charge is 0.478 e. The Hall–Kier alpha value is -3.02. The molecule has 168 valence electrons. The predicted molar refractivity (Wildman–Crippen MR) is 125 cm³/mol. The molecule has 1 aliphatic carbocycles. The van der Waals surface area contributed by atoms with Crippen LogP contribution >= 0.6 is 0 Å². The molecule has 2 aromatic heterocycles. The van der Waals surface area contributed by atoms with Gasteiger partial charge in [-0.1, -0.05) is 63.3 Å². The zero-order valence-corrected chi connectivity index (χ0v) is 18.8. The molecule has 0 radical (unpaired) electrons. The van der Waals surface area contributed by atoms with Crippen LogP contribution in [0, 0.1) is 5.92 Å². The zero-order chi connectivity index (χ0) is 22.3. The van der Waals surface area contributed by atoms with E-state index >= 15 is 0 Å². The van der Waals surface area contributed by atoms with Crippen molar-refractivity contribution in [2.45, 2.75) is 71.3 Å². The first-order valence-electron chi connectivity index (χ1n) is 11.8. The fourth-order valence-electron chi connectivity index (χ4n) is 4.62. The summed E-state index contributed by atoms with van der Waals surface area (Å²) in [4.78, 5) is 20.9. The van der Waals surface area contributed by atoms with Gasteiger partial charge in [0, 0.05) is 24.6 Å². The molecule has 0 bridgehead atoms. The molecule has 0 amide bonds. The topological polar surface area (TPSA) is 80.9 Å². The van der Waals surface area contributed by atoms with E-state index in [2.05, 4.69) is 11.9 Å². The molecular formula is C26H32N4O2. The normalized spacial score (nSPS) is 14.5. The molecule has 1 aromatic carbocycles. The summed E-state index contributed by atoms with van der Waals surface area (Å²) in [6, 6.07) is 10.8. The van der Waals surface area contributed by atoms with Crippen molar-refractivity contribution in [2.75, 3.05) is 0 Å². The minimum atomic E-state index is -0.945. The van der Waals surface area contributed by atoms with Crippen molar-refractivity contribution in [1.82, 2.24) is 19.7 Å². The Kier molecular flexibility index (Phi) is 7.30. The van der Waals surface area contributed by atoms with Crippen LogP contribution in [0.3, 0.4) is 0 Å². The second kappa shape index (κ2) is 10.5. The van der Waals surface area contributed by atoms with Gasteiger partial charge in [0.1, 0.15) is 5.82 Å². The Morgan fingerprint density at radius 3 is 2.62 bits per heavy atom. The van der Waals surface area contributed by atoms with E-state index in [0.29, 0.717) is 17.8 Å². The van der Waals surface area contributed by atoms with E-state index in [1.165, 1.54) is 38.5 Å². The van der Waals surface area contributed by atoms with Crippen LogP contribution in [0.2, 0.25) is 0 Å². The Morgan fingerprint density at radius 2 is 1.91 bits per heavy atom. The number of rotatable bonds is 9. The van der Waals surface area contributed by atoms with Crippen LogP contribution in [-0.2, 0) is 19.4 Å². The summed E-state index contributed by atoms with van der Waals surface area (Å²) in [6.07, 6.45) is 12.7. The quantitative estimate of drug-likeness (QED) is 0.479. The van der Waals surface area contributed by atoms with Crippen LogP contribution in [0.25, 0.3) is 11.3 Å². The van der Waals surface area contributed by atoms with Gasteiger partial charge in [-0.15, -0.1) is 0 Å². The summed E-state index contributed by atoms with van der Waals surface area (Å²) < 4.78 is 2.02. The maximum absolute atomic E-state index is 11.5. The summed E-state index contributed by atoms with van der Waals surface area (Å²) in [7, 11) is 0. The molecule has 32 heavy (non-hydrogen) atoms. The van der Waals surface area contributed by atoms with Gasteiger partial charge in [0.25, 0.3) is 0 Å². The molecular weight excluding hydrogens is 400 g/mol. The number of aryl methyl sites for hydroxylation is 2. The standard InChI is InChI=1S/C26H32N4O2/c1-2-8-25-28-24(16-14-19-9-4-3-5-10-19)29-30(25)18-20-13-15-23(27-17-20)21-11-6-7-12-22(21)26(31)32/h6-7,11-13,15,17,19H,2-5,8-10,14,16,18H2,1H3,(H,31,32). The summed E-state index contributed by atoms with van der Waals surface area (Å²) in [5.74, 6) is 1.88. The van der Waals surface area contributed by atoms with E-state index in [4.69, 9.17) is 10.1 Å². The first-order chi connectivity index (χ1) is 15.6. The number of benzene rings is 1. The highest BCUT2D eigenvalue weighted by Gasteiger charge is 2.16. The maximum Gasteiger partial charge on any atom is 0.336 e. The second-order valence-corrected chi connectivity index (χ2v) is 8.80. The van der Waals surface area contributed by atoms with Gasteiger partial charge < -0.3 is 5.11 Å². The SMILES string of the molecule is CCCc1nc(CCC2CCCCC2)nn1Cc1ccc(-c2ccccc2C(=O)O)nc1. The number of carbonyl (C=O) groups is 1. The zero-order valence-electron chi connectivity index (χ0n) is 18.8. The van der Waals surface area contributed by atoms with Crippen molar-refractivity contribution in [3.8, 4) is 11.3 Å². The van der Waals surface area contributed by atoms with Crippen molar-refractivity contribution in [3.63, 3.8) is 0 Å². The van der Waals surface area contributed by atoms with Crippen molar-refractivity contribution in [1.29, 1.82) is 0 Å². The van der Waals surface area contributed by atoms with E-state index in [1.807, 2.05) is 29.1 Å². The van der Waals surface area contributed by atoms with E-state index in [0.717, 1.165) is 42.4 Å². The molecule has 4 rings (SSSR count). The fourth-order valence-corrected chi connectivity index (χ4v) is 4.62. The summed E-state index contributed by atoms with van der Waals surface area (Å²) in [5.41, 5.74) is 2.58. The lowest BCUT2D eigenvalue weighted by molar-refractivity contribution is 0.0697. The van der Waals surface area contributed by atoms with Gasteiger partial charge in [0.2, 0.25) is 0 Å². The molecule has 6 nitrogen and oxygen atoms in total. The molecule has 1 aliphatic rings. The van der Waals surface area contributed by atoms with E-state index < -0.39 is 5.97 Å². The Morgan fingerprint density at radius 1 is 1.09 bits per heavy atom. The number of hydrogen-bond donors (Lipinski definition) is 1. The van der Waals surface area contributed by atoms with Gasteiger partial charge in [-0.25, -0.2) is 14.5 Å². The number of aromatic nitrogens is 4. The van der Waals surface area contributed by atoms with Crippen molar-refractivity contribution in [3.05, 3.63) is 65.4 Å². The monoisotopic (exact) mass is 432 g/mol. The third kappa shape index (κ3) is 5.42. The Bertz CT molecular complexity index is 1040. The number of carboxylic acids is 1. The van der Waals surface area contributed by atoms with Gasteiger partial charge >= 0.3 is 5.97 Å². The van der Waals surface area contributed by atoms with Crippen LogP contribution < -0.4 is 0 Å². The van der Waals surface area contributed by atoms with Crippen LogP contribution in [0.5, 0.6) is 0 Å². The van der Waals surface area contributed by atoms with Gasteiger partial charge in [-0.2, -0.15) is 5.10 Å². The number of aromatic carboxylic acids is 1. The Labute approximate surface area is 189 Å². The lowest BCUT2D eigenvalue weighted by Gasteiger charge is -2.20. The van der Waals surface area contributed by atoms with Gasteiger partial charge in [-0.05, 0) is 36.5 Å². The van der Waals surface area contributed by atoms with Crippen LogP contribution in [0.1, 0.15) is 79.4 Å². The van der Waals surface area contributed by atoms with Crippen LogP contribution in [0.15, 0.2) is 42.6 Å². The maximum atomic E-state index is 11.5. The molecule has 3 aromatic rings. The van der Waals surface area contributed by atoms with Crippen molar-refractivity contribution >= 4 is 5.97 Å². The molecule has 1 N–H and O–H groups in total. The third-order valence-electron chi connectivity index (χ3n) is 6.36. The third-order valence-corrected chi connectivity index (χ3v) is 6.36. The fraction of sp³-hybridized carbons (Fsp3) is 0.462. The molecule has 1 saturated carbocycles. The van der Waals surface area contributed by atoms with Gasteiger partial charge in [0.05, 0.1) is 17.8 Å². The molecule has 0 spiro atoms. The average molecular weight is 433 g/mol. The number of pyridine rings is 1. The molecule has 2 heterocycles. The minimum absolute atomic E-state index is 0.261. The highest BCUT2D eigenvalue weighted by atomic mass is 16.4. The molecule has 0 unspecified atom stereocenters. The number of carboxylic acid groups (broad SMARTS) is 1. The van der Waals surface area contributed by atoms with Crippen LogP contribution in [0.4, 0.5) is 0 Å².